The van der Waals surface area contributed by atoms with Crippen molar-refractivity contribution in [2.24, 2.45) is 0 Å². The number of alkyl halides is 1. The minimum absolute atomic E-state index is 0.0607. The third kappa shape index (κ3) is 4.01. The van der Waals surface area contributed by atoms with E-state index in [0.29, 0.717) is 22.7 Å². The fraction of sp³-hybridized carbons (Fsp3) is 0.200. The fourth-order valence-electron chi connectivity index (χ4n) is 0.884. The number of allylic oxidation sites excluding steroid dienone is 1. The molecule has 0 aliphatic rings. The van der Waals surface area contributed by atoms with Gasteiger partial charge in [0.05, 0.1) is 9.50 Å². The first-order valence-corrected chi connectivity index (χ1v) is 5.84. The zero-order valence-corrected chi connectivity index (χ0v) is 10.7. The Morgan fingerprint density at radius 2 is 2.13 bits per heavy atom. The molecule has 0 bridgehead atoms. The van der Waals surface area contributed by atoms with Crippen LogP contribution in [0.5, 0.6) is 5.75 Å². The molecule has 0 saturated heterocycles. The van der Waals surface area contributed by atoms with Gasteiger partial charge in [0.25, 0.3) is 0 Å². The molecule has 15 heavy (non-hydrogen) atoms. The van der Waals surface area contributed by atoms with Crippen LogP contribution in [0.4, 0.5) is 4.39 Å². The van der Waals surface area contributed by atoms with Gasteiger partial charge in [-0.1, -0.05) is 23.8 Å². The molecule has 5 heteroatoms. The molecule has 0 aromatic heterocycles. The summed E-state index contributed by atoms with van der Waals surface area (Å²) in [4.78, 5) is 0. The van der Waals surface area contributed by atoms with E-state index in [9.17, 15) is 4.39 Å². The van der Waals surface area contributed by atoms with Gasteiger partial charge >= 0.3 is 0 Å². The van der Waals surface area contributed by atoms with Gasteiger partial charge in [-0.25, -0.2) is 4.39 Å². The fourth-order valence-corrected chi connectivity index (χ4v) is 1.76. The highest BCUT2D eigenvalue weighted by atomic mass is 79.9. The van der Waals surface area contributed by atoms with Crippen molar-refractivity contribution < 1.29 is 9.13 Å². The third-order valence-corrected chi connectivity index (χ3v) is 2.65. The van der Waals surface area contributed by atoms with Crippen LogP contribution >= 0.6 is 39.1 Å². The summed E-state index contributed by atoms with van der Waals surface area (Å²) in [6.45, 7) is 0.340. The van der Waals surface area contributed by atoms with Crippen LogP contribution in [-0.2, 0) is 0 Å². The van der Waals surface area contributed by atoms with E-state index in [-0.39, 0.29) is 5.02 Å². The lowest BCUT2D eigenvalue weighted by Crippen LogP contribution is -1.95. The minimum Gasteiger partial charge on any atom is -0.488 e. The molecule has 0 unspecified atom stereocenters. The highest BCUT2D eigenvalue weighted by Crippen LogP contribution is 2.30. The van der Waals surface area contributed by atoms with E-state index in [1.165, 1.54) is 12.1 Å². The molecule has 0 atom stereocenters. The molecular weight excluding hydrogens is 306 g/mol. The first-order chi connectivity index (χ1) is 7.15. The Bertz CT molecular complexity index is 369. The van der Waals surface area contributed by atoms with Gasteiger partial charge in [0.15, 0.2) is 0 Å². The van der Waals surface area contributed by atoms with Crippen molar-refractivity contribution in [2.75, 3.05) is 12.5 Å². The van der Waals surface area contributed by atoms with Crippen LogP contribution in [0.3, 0.4) is 0 Å². The van der Waals surface area contributed by atoms with E-state index in [0.717, 1.165) is 0 Å². The molecule has 0 spiro atoms. The summed E-state index contributed by atoms with van der Waals surface area (Å²) >= 11 is 14.2. The SMILES string of the molecule is Fc1cc(OC/C=C/CCl)c(Br)cc1Cl. The smallest absolute Gasteiger partial charge is 0.145 e. The van der Waals surface area contributed by atoms with Crippen molar-refractivity contribution in [3.63, 3.8) is 0 Å². The second-order valence-corrected chi connectivity index (χ2v) is 4.20. The Morgan fingerprint density at radius 3 is 2.80 bits per heavy atom. The summed E-state index contributed by atoms with van der Waals surface area (Å²) in [6.07, 6.45) is 3.51. The first-order valence-electron chi connectivity index (χ1n) is 4.13. The Hall–Kier alpha value is -0.250. The largest absolute Gasteiger partial charge is 0.488 e. The Labute approximate surface area is 106 Å². The van der Waals surface area contributed by atoms with Crippen molar-refractivity contribution in [1.82, 2.24) is 0 Å². The summed E-state index contributed by atoms with van der Waals surface area (Å²) in [6, 6.07) is 2.69. The summed E-state index contributed by atoms with van der Waals surface area (Å²) in [7, 11) is 0. The number of rotatable bonds is 4. The second kappa shape index (κ2) is 6.36. The van der Waals surface area contributed by atoms with Crippen molar-refractivity contribution in [2.45, 2.75) is 0 Å². The van der Waals surface area contributed by atoms with Gasteiger partial charge in [-0.15, -0.1) is 11.6 Å². The Balaban J connectivity index is 2.69. The average Bonchev–Trinajstić information content (AvgIpc) is 2.20. The van der Waals surface area contributed by atoms with Crippen molar-refractivity contribution >= 4 is 39.1 Å². The maximum Gasteiger partial charge on any atom is 0.145 e. The maximum atomic E-state index is 13.1. The summed E-state index contributed by atoms with van der Waals surface area (Å²) < 4.78 is 19.0. The van der Waals surface area contributed by atoms with Gasteiger partial charge in [0.2, 0.25) is 0 Å². The normalized spacial score (nSPS) is 10.9. The number of ether oxygens (including phenoxy) is 1. The zero-order valence-electron chi connectivity index (χ0n) is 7.64. The van der Waals surface area contributed by atoms with Crippen LogP contribution in [-0.4, -0.2) is 12.5 Å². The lowest BCUT2D eigenvalue weighted by molar-refractivity contribution is 0.358. The lowest BCUT2D eigenvalue weighted by Gasteiger charge is -2.06. The van der Waals surface area contributed by atoms with Gasteiger partial charge < -0.3 is 4.74 Å². The molecule has 0 N–H and O–H groups in total. The molecule has 0 radical (unpaired) electrons. The van der Waals surface area contributed by atoms with Crippen LogP contribution in [0.2, 0.25) is 5.02 Å². The van der Waals surface area contributed by atoms with Crippen molar-refractivity contribution in [3.05, 3.63) is 39.6 Å². The standard InChI is InChI=1S/C10H8BrCl2FO/c11-7-5-8(13)9(14)6-10(7)15-4-2-1-3-12/h1-2,5-6H,3-4H2/b2-1+. The molecule has 0 amide bonds. The first kappa shape index (κ1) is 12.8. The second-order valence-electron chi connectivity index (χ2n) is 2.63. The van der Waals surface area contributed by atoms with Crippen LogP contribution in [0.1, 0.15) is 0 Å². The molecule has 1 aromatic carbocycles. The number of halogens is 4. The molecule has 0 aliphatic carbocycles. The molecule has 0 heterocycles. The van der Waals surface area contributed by atoms with E-state index < -0.39 is 5.82 Å². The number of benzene rings is 1. The van der Waals surface area contributed by atoms with Gasteiger partial charge in [-0.3, -0.25) is 0 Å². The Kier molecular flexibility index (Phi) is 5.43. The molecule has 1 rings (SSSR count). The van der Waals surface area contributed by atoms with Gasteiger partial charge in [0, 0.05) is 11.9 Å². The average molecular weight is 314 g/mol. The quantitative estimate of drug-likeness (QED) is 0.454. The molecule has 82 valence electrons. The Morgan fingerprint density at radius 1 is 1.40 bits per heavy atom. The molecule has 0 fully saturated rings. The van der Waals surface area contributed by atoms with Gasteiger partial charge in [-0.2, -0.15) is 0 Å². The predicted octanol–water partition coefficient (Wildman–Crippen LogP) is 4.42. The summed E-state index contributed by atoms with van der Waals surface area (Å²) in [5.74, 6) is 0.340. The zero-order chi connectivity index (χ0) is 11.3. The molecule has 1 aromatic rings. The van der Waals surface area contributed by atoms with Gasteiger partial charge in [0.1, 0.15) is 18.2 Å². The van der Waals surface area contributed by atoms with E-state index in [1.54, 1.807) is 12.2 Å². The summed E-state index contributed by atoms with van der Waals surface area (Å²) in [5.41, 5.74) is 0. The monoisotopic (exact) mass is 312 g/mol. The predicted molar refractivity (Wildman–Crippen MR) is 64.5 cm³/mol. The van der Waals surface area contributed by atoms with Crippen LogP contribution in [0, 0.1) is 5.82 Å². The highest BCUT2D eigenvalue weighted by molar-refractivity contribution is 9.10. The summed E-state index contributed by atoms with van der Waals surface area (Å²) in [5, 5.41) is 0.0607. The molecule has 0 saturated carbocycles. The number of hydrogen-bond donors (Lipinski definition) is 0. The van der Waals surface area contributed by atoms with Crippen LogP contribution < -0.4 is 4.74 Å². The topological polar surface area (TPSA) is 9.23 Å². The number of hydrogen-bond acceptors (Lipinski definition) is 1. The maximum absolute atomic E-state index is 13.1. The molecule has 1 nitrogen and oxygen atoms in total. The van der Waals surface area contributed by atoms with Crippen LogP contribution in [0.15, 0.2) is 28.8 Å². The third-order valence-electron chi connectivity index (χ3n) is 1.57. The van der Waals surface area contributed by atoms with E-state index >= 15 is 0 Å². The van der Waals surface area contributed by atoms with E-state index in [2.05, 4.69) is 15.9 Å². The van der Waals surface area contributed by atoms with Gasteiger partial charge in [-0.05, 0) is 22.0 Å². The highest BCUT2D eigenvalue weighted by Gasteiger charge is 2.06. The van der Waals surface area contributed by atoms with Crippen LogP contribution in [0.25, 0.3) is 0 Å². The molecular formula is C10H8BrCl2FO. The van der Waals surface area contributed by atoms with Crippen molar-refractivity contribution in [3.8, 4) is 5.75 Å². The molecule has 0 aliphatic heterocycles. The minimum atomic E-state index is -0.504. The lowest BCUT2D eigenvalue weighted by atomic mass is 10.3. The van der Waals surface area contributed by atoms with E-state index in [1.807, 2.05) is 0 Å². The van der Waals surface area contributed by atoms with E-state index in [4.69, 9.17) is 27.9 Å². The van der Waals surface area contributed by atoms with Crippen molar-refractivity contribution in [1.29, 1.82) is 0 Å².